The van der Waals surface area contributed by atoms with Crippen molar-refractivity contribution in [1.82, 2.24) is 0 Å². The molecule has 0 aliphatic heterocycles. The SMILES string of the molecule is C=CCOC=O.Cc1cc(F)c(CC(C)C2CCC(=O)C=C2OC(C)O)cc1F. The van der Waals surface area contributed by atoms with Crippen molar-refractivity contribution in [3.05, 3.63) is 59.4 Å². The van der Waals surface area contributed by atoms with Crippen molar-refractivity contribution in [2.24, 2.45) is 11.8 Å². The third-order valence-corrected chi connectivity index (χ3v) is 4.52. The molecule has 0 bridgehead atoms. The first-order chi connectivity index (χ1) is 13.7. The van der Waals surface area contributed by atoms with Crippen molar-refractivity contribution < 1.29 is 33.0 Å². The molecule has 0 saturated heterocycles. The van der Waals surface area contributed by atoms with E-state index >= 15 is 0 Å². The van der Waals surface area contributed by atoms with Crippen LogP contribution in [0.4, 0.5) is 8.78 Å². The molecule has 1 aromatic carbocycles. The maximum Gasteiger partial charge on any atom is 0.293 e. The lowest BCUT2D eigenvalue weighted by Crippen LogP contribution is -2.25. The van der Waals surface area contributed by atoms with Crippen LogP contribution in [0.3, 0.4) is 0 Å². The Bertz CT molecular complexity index is 735. The van der Waals surface area contributed by atoms with E-state index < -0.39 is 17.9 Å². The summed E-state index contributed by atoms with van der Waals surface area (Å²) in [6, 6.07) is 2.43. The number of ketones is 1. The molecule has 3 unspecified atom stereocenters. The highest BCUT2D eigenvalue weighted by molar-refractivity contribution is 5.91. The molecule has 0 heterocycles. The lowest BCUT2D eigenvalue weighted by atomic mass is 9.80. The molecule has 0 saturated carbocycles. The zero-order chi connectivity index (χ0) is 22.0. The zero-order valence-corrected chi connectivity index (χ0v) is 17.0. The van der Waals surface area contributed by atoms with Crippen molar-refractivity contribution in [2.45, 2.75) is 46.3 Å². The standard InChI is InChI=1S/C18H22F2O3.C4H6O2/c1-10(6-13-8-16(19)11(2)7-17(13)20)15-5-4-14(22)9-18(15)23-12(3)21;1-2-3-6-4-5/h7-10,12,15,21H,4-6H2,1-3H3;2,4H,1,3H2. The normalized spacial score (nSPS) is 17.9. The van der Waals surface area contributed by atoms with Crippen molar-refractivity contribution in [3.63, 3.8) is 0 Å². The smallest absolute Gasteiger partial charge is 0.293 e. The van der Waals surface area contributed by atoms with Gasteiger partial charge in [0.15, 0.2) is 12.1 Å². The van der Waals surface area contributed by atoms with Gasteiger partial charge in [0.25, 0.3) is 6.47 Å². The number of ether oxygens (including phenoxy) is 2. The average molecular weight is 410 g/mol. The van der Waals surface area contributed by atoms with Gasteiger partial charge in [-0.3, -0.25) is 9.59 Å². The molecule has 1 N–H and O–H groups in total. The molecule has 0 amide bonds. The molecule has 29 heavy (non-hydrogen) atoms. The van der Waals surface area contributed by atoms with Gasteiger partial charge in [-0.15, -0.1) is 0 Å². The van der Waals surface area contributed by atoms with Crippen LogP contribution in [-0.4, -0.2) is 30.3 Å². The number of aryl methyl sites for hydroxylation is 1. The molecule has 0 spiro atoms. The van der Waals surface area contributed by atoms with Crippen molar-refractivity contribution in [2.75, 3.05) is 6.61 Å². The van der Waals surface area contributed by atoms with Gasteiger partial charge in [-0.05, 0) is 55.9 Å². The number of aliphatic hydroxyl groups excluding tert-OH is 1. The van der Waals surface area contributed by atoms with Crippen LogP contribution >= 0.6 is 0 Å². The zero-order valence-electron chi connectivity index (χ0n) is 17.0. The number of benzene rings is 1. The monoisotopic (exact) mass is 410 g/mol. The Morgan fingerprint density at radius 1 is 1.31 bits per heavy atom. The summed E-state index contributed by atoms with van der Waals surface area (Å²) in [5, 5.41) is 9.41. The Morgan fingerprint density at radius 2 is 2.00 bits per heavy atom. The third kappa shape index (κ3) is 8.15. The lowest BCUT2D eigenvalue weighted by molar-refractivity contribution is -0.127. The topological polar surface area (TPSA) is 72.8 Å². The summed E-state index contributed by atoms with van der Waals surface area (Å²) in [6.07, 6.45) is 3.21. The van der Waals surface area contributed by atoms with Gasteiger partial charge < -0.3 is 14.6 Å². The molecule has 5 nitrogen and oxygen atoms in total. The van der Waals surface area contributed by atoms with Crippen LogP contribution in [0.2, 0.25) is 0 Å². The largest absolute Gasteiger partial charge is 0.469 e. The molecule has 3 atom stereocenters. The Kier molecular flexibility index (Phi) is 10.2. The summed E-state index contributed by atoms with van der Waals surface area (Å²) >= 11 is 0. The van der Waals surface area contributed by atoms with Gasteiger partial charge in [-0.2, -0.15) is 0 Å². The van der Waals surface area contributed by atoms with Gasteiger partial charge in [0.2, 0.25) is 0 Å². The fourth-order valence-electron chi connectivity index (χ4n) is 3.10. The van der Waals surface area contributed by atoms with E-state index in [1.807, 2.05) is 6.92 Å². The maximum atomic E-state index is 14.0. The number of allylic oxidation sites excluding steroid dienone is 2. The lowest BCUT2D eigenvalue weighted by Gasteiger charge is -2.30. The molecular weight excluding hydrogens is 382 g/mol. The van der Waals surface area contributed by atoms with Gasteiger partial charge in [-0.1, -0.05) is 19.6 Å². The Balaban J connectivity index is 0.000000612. The second-order valence-electron chi connectivity index (χ2n) is 6.97. The minimum absolute atomic E-state index is 0.0448. The summed E-state index contributed by atoms with van der Waals surface area (Å²) < 4.78 is 37.2. The van der Waals surface area contributed by atoms with Crippen molar-refractivity contribution in [1.29, 1.82) is 0 Å². The highest BCUT2D eigenvalue weighted by Crippen LogP contribution is 2.33. The van der Waals surface area contributed by atoms with Crippen LogP contribution in [0.15, 0.2) is 36.6 Å². The second kappa shape index (κ2) is 12.1. The molecule has 160 valence electrons. The van der Waals surface area contributed by atoms with E-state index in [-0.39, 0.29) is 23.2 Å². The first-order valence-corrected chi connectivity index (χ1v) is 9.39. The summed E-state index contributed by atoms with van der Waals surface area (Å²) in [5.41, 5.74) is 0.592. The van der Waals surface area contributed by atoms with Crippen LogP contribution in [0.1, 0.15) is 37.8 Å². The van der Waals surface area contributed by atoms with Crippen molar-refractivity contribution >= 4 is 12.3 Å². The van der Waals surface area contributed by atoms with Gasteiger partial charge in [-0.25, -0.2) is 8.78 Å². The van der Waals surface area contributed by atoms with Crippen LogP contribution < -0.4 is 0 Å². The summed E-state index contributed by atoms with van der Waals surface area (Å²) in [6.45, 7) is 8.92. The molecule has 7 heteroatoms. The highest BCUT2D eigenvalue weighted by Gasteiger charge is 2.29. The summed E-state index contributed by atoms with van der Waals surface area (Å²) in [4.78, 5) is 20.9. The molecule has 0 radical (unpaired) electrons. The van der Waals surface area contributed by atoms with Gasteiger partial charge in [0.1, 0.15) is 24.0 Å². The van der Waals surface area contributed by atoms with E-state index in [0.29, 0.717) is 43.7 Å². The number of rotatable bonds is 8. The van der Waals surface area contributed by atoms with E-state index in [1.165, 1.54) is 38.1 Å². The van der Waals surface area contributed by atoms with E-state index in [0.717, 1.165) is 0 Å². The summed E-state index contributed by atoms with van der Waals surface area (Å²) in [5.74, 6) is -0.628. The number of hydrogen-bond acceptors (Lipinski definition) is 5. The van der Waals surface area contributed by atoms with Crippen molar-refractivity contribution in [3.8, 4) is 0 Å². The number of carbonyl (C=O) groups excluding carboxylic acids is 2. The molecule has 2 rings (SSSR count). The molecular formula is C22H28F2O5. The number of hydrogen-bond donors (Lipinski definition) is 1. The highest BCUT2D eigenvalue weighted by atomic mass is 19.1. The maximum absolute atomic E-state index is 14.0. The van der Waals surface area contributed by atoms with E-state index in [4.69, 9.17) is 4.74 Å². The second-order valence-corrected chi connectivity index (χ2v) is 6.97. The quantitative estimate of drug-likeness (QED) is 0.303. The molecule has 0 aromatic heterocycles. The predicted octanol–water partition coefficient (Wildman–Crippen LogP) is 4.02. The average Bonchev–Trinajstić information content (AvgIpc) is 2.64. The first kappa shape index (κ1) is 24.5. The van der Waals surface area contributed by atoms with Gasteiger partial charge in [0.05, 0.1) is 0 Å². The summed E-state index contributed by atoms with van der Waals surface area (Å²) in [7, 11) is 0. The third-order valence-electron chi connectivity index (χ3n) is 4.52. The number of halogens is 2. The van der Waals surface area contributed by atoms with Gasteiger partial charge >= 0.3 is 0 Å². The molecule has 1 aliphatic carbocycles. The van der Waals surface area contributed by atoms with Crippen LogP contribution in [0, 0.1) is 30.4 Å². The predicted molar refractivity (Wildman–Crippen MR) is 105 cm³/mol. The fourth-order valence-corrected chi connectivity index (χ4v) is 3.10. The number of carbonyl (C=O) groups is 2. The Morgan fingerprint density at radius 3 is 2.55 bits per heavy atom. The molecule has 0 fully saturated rings. The Hall–Kier alpha value is -2.54. The van der Waals surface area contributed by atoms with E-state index in [2.05, 4.69) is 11.3 Å². The first-order valence-electron chi connectivity index (χ1n) is 9.39. The minimum atomic E-state index is -1.02. The Labute approximate surface area is 170 Å². The molecule has 1 aliphatic rings. The van der Waals surface area contributed by atoms with E-state index in [1.54, 1.807) is 0 Å². The number of aliphatic hydroxyl groups is 1. The van der Waals surface area contributed by atoms with Crippen LogP contribution in [0.25, 0.3) is 0 Å². The van der Waals surface area contributed by atoms with Gasteiger partial charge in [0, 0.05) is 18.4 Å². The van der Waals surface area contributed by atoms with Crippen LogP contribution in [0.5, 0.6) is 0 Å². The van der Waals surface area contributed by atoms with Crippen LogP contribution in [-0.2, 0) is 25.5 Å². The minimum Gasteiger partial charge on any atom is -0.469 e. The fraction of sp³-hybridized carbons (Fsp3) is 0.455. The molecule has 1 aromatic rings. The van der Waals surface area contributed by atoms with E-state index in [9.17, 15) is 23.5 Å².